The number of aromatic nitrogens is 3. The monoisotopic (exact) mass is 355 g/mol. The first-order valence-electron chi connectivity index (χ1n) is 5.68. The summed E-state index contributed by atoms with van der Waals surface area (Å²) >= 11 is 8.93. The minimum Gasteiger partial charge on any atom is -0.272 e. The zero-order valence-corrected chi connectivity index (χ0v) is 12.8. The van der Waals surface area contributed by atoms with Crippen LogP contribution >= 0.6 is 27.5 Å². The van der Waals surface area contributed by atoms with Crippen LogP contribution in [0.3, 0.4) is 0 Å². The van der Waals surface area contributed by atoms with E-state index in [-0.39, 0.29) is 11.1 Å². The van der Waals surface area contributed by atoms with Crippen LogP contribution in [0.1, 0.15) is 18.5 Å². The van der Waals surface area contributed by atoms with Crippen molar-refractivity contribution in [3.05, 3.63) is 45.8 Å². The van der Waals surface area contributed by atoms with Crippen molar-refractivity contribution < 1.29 is 4.79 Å². The van der Waals surface area contributed by atoms with E-state index in [0.29, 0.717) is 11.5 Å². The molecule has 0 aliphatic heterocycles. The van der Waals surface area contributed by atoms with Gasteiger partial charge in [-0.2, -0.15) is 5.10 Å². The molecule has 0 aromatic carbocycles. The highest BCUT2D eigenvalue weighted by Gasteiger charge is 2.23. The Morgan fingerprint density at radius 1 is 1.35 bits per heavy atom. The molecule has 1 unspecified atom stereocenters. The Morgan fingerprint density at radius 3 is 2.65 bits per heavy atom. The van der Waals surface area contributed by atoms with Crippen LogP contribution in [0.2, 0.25) is 5.15 Å². The average Bonchev–Trinajstić information content (AvgIpc) is 2.46. The van der Waals surface area contributed by atoms with Crippen molar-refractivity contribution in [2.45, 2.75) is 12.8 Å². The van der Waals surface area contributed by atoms with Crippen molar-refractivity contribution >= 4 is 39.3 Å². The lowest BCUT2D eigenvalue weighted by Gasteiger charge is -2.19. The molecule has 0 aliphatic rings. The van der Waals surface area contributed by atoms with Crippen LogP contribution < -0.4 is 10.9 Å². The summed E-state index contributed by atoms with van der Waals surface area (Å²) in [6.45, 7) is 1.69. The van der Waals surface area contributed by atoms with Crippen LogP contribution in [0.15, 0.2) is 34.9 Å². The van der Waals surface area contributed by atoms with Crippen molar-refractivity contribution in [3.63, 3.8) is 0 Å². The van der Waals surface area contributed by atoms with Crippen molar-refractivity contribution in [1.82, 2.24) is 15.2 Å². The van der Waals surface area contributed by atoms with E-state index >= 15 is 0 Å². The van der Waals surface area contributed by atoms with Crippen molar-refractivity contribution in [2.75, 3.05) is 5.01 Å². The summed E-state index contributed by atoms with van der Waals surface area (Å²) in [5, 5.41) is 8.85. The molecule has 0 saturated heterocycles. The maximum absolute atomic E-state index is 12.3. The molecule has 20 heavy (non-hydrogen) atoms. The number of hydrazine groups is 1. The number of nitrogens with zero attached hydrogens (tertiary/aromatic N) is 4. The lowest BCUT2D eigenvalue weighted by molar-refractivity contribution is -0.119. The molecule has 8 heteroatoms. The van der Waals surface area contributed by atoms with Gasteiger partial charge in [0.15, 0.2) is 5.15 Å². The maximum Gasteiger partial charge on any atom is 0.251 e. The SMILES string of the molecule is CC(C(=O)N(N)c1ccc(Br)cn1)c1ccc(Cl)nn1. The minimum absolute atomic E-state index is 0.271. The summed E-state index contributed by atoms with van der Waals surface area (Å²) in [4.78, 5) is 16.3. The summed E-state index contributed by atoms with van der Waals surface area (Å²) in [6, 6.07) is 6.61. The molecule has 0 spiro atoms. The van der Waals surface area contributed by atoms with Crippen LogP contribution in [0, 0.1) is 0 Å². The lowest BCUT2D eigenvalue weighted by Crippen LogP contribution is -2.41. The number of rotatable bonds is 3. The molecule has 2 aromatic rings. The Hall–Kier alpha value is -1.57. The van der Waals surface area contributed by atoms with Crippen molar-refractivity contribution in [3.8, 4) is 0 Å². The molecule has 0 fully saturated rings. The van der Waals surface area contributed by atoms with E-state index in [2.05, 4.69) is 31.1 Å². The zero-order chi connectivity index (χ0) is 14.7. The molecule has 0 aliphatic carbocycles. The van der Waals surface area contributed by atoms with Gasteiger partial charge in [-0.05, 0) is 47.1 Å². The standard InChI is InChI=1S/C12H11BrClN5O/c1-7(9-3-4-10(14)18-17-9)12(20)19(15)11-5-2-8(13)6-16-11/h2-7H,15H2,1H3. The molecule has 2 aromatic heterocycles. The second-order valence-electron chi connectivity index (χ2n) is 4.05. The number of carbonyl (C=O) groups is 1. The fourth-order valence-electron chi connectivity index (χ4n) is 1.52. The second-order valence-corrected chi connectivity index (χ2v) is 5.35. The van der Waals surface area contributed by atoms with E-state index < -0.39 is 5.92 Å². The third-order valence-electron chi connectivity index (χ3n) is 2.66. The van der Waals surface area contributed by atoms with E-state index in [9.17, 15) is 4.79 Å². The van der Waals surface area contributed by atoms with E-state index in [0.717, 1.165) is 9.48 Å². The molecule has 6 nitrogen and oxygen atoms in total. The number of hydrogen-bond donors (Lipinski definition) is 1. The second kappa shape index (κ2) is 6.25. The molecule has 104 valence electrons. The highest BCUT2D eigenvalue weighted by Crippen LogP contribution is 2.19. The maximum atomic E-state index is 12.3. The fourth-order valence-corrected chi connectivity index (χ4v) is 1.85. The first kappa shape index (κ1) is 14.8. The number of carbonyl (C=O) groups excluding carboxylic acids is 1. The molecule has 2 N–H and O–H groups in total. The quantitative estimate of drug-likeness (QED) is 0.518. The van der Waals surface area contributed by atoms with Gasteiger partial charge in [0.05, 0.1) is 11.6 Å². The van der Waals surface area contributed by atoms with Gasteiger partial charge in [0.25, 0.3) is 5.91 Å². The normalized spacial score (nSPS) is 12.0. The summed E-state index contributed by atoms with van der Waals surface area (Å²) in [6.07, 6.45) is 1.56. The van der Waals surface area contributed by atoms with Crippen LogP contribution in [0.5, 0.6) is 0 Å². The van der Waals surface area contributed by atoms with Crippen LogP contribution in [0.25, 0.3) is 0 Å². The number of hydrogen-bond acceptors (Lipinski definition) is 5. The Morgan fingerprint density at radius 2 is 2.10 bits per heavy atom. The number of anilines is 1. The van der Waals surface area contributed by atoms with E-state index in [1.54, 1.807) is 37.4 Å². The topological polar surface area (TPSA) is 85.0 Å². The van der Waals surface area contributed by atoms with Crippen LogP contribution in [-0.4, -0.2) is 21.1 Å². The van der Waals surface area contributed by atoms with Gasteiger partial charge in [-0.15, -0.1) is 5.10 Å². The number of halogens is 2. The number of nitrogens with two attached hydrogens (primary N) is 1. The third kappa shape index (κ3) is 3.30. The first-order chi connectivity index (χ1) is 9.49. The first-order valence-corrected chi connectivity index (χ1v) is 6.85. The Balaban J connectivity index is 2.17. The Labute approximate surface area is 129 Å². The summed E-state index contributed by atoms with van der Waals surface area (Å²) in [5.74, 6) is 5.26. The van der Waals surface area contributed by atoms with Gasteiger partial charge in [-0.25, -0.2) is 15.8 Å². The van der Waals surface area contributed by atoms with Crippen LogP contribution in [-0.2, 0) is 4.79 Å². The van der Waals surface area contributed by atoms with E-state index in [4.69, 9.17) is 17.4 Å². The molecular weight excluding hydrogens is 346 g/mol. The van der Waals surface area contributed by atoms with Gasteiger partial charge in [-0.1, -0.05) is 11.6 Å². The predicted molar refractivity (Wildman–Crippen MR) is 79.1 cm³/mol. The van der Waals surface area contributed by atoms with Crippen molar-refractivity contribution in [2.24, 2.45) is 5.84 Å². The number of amides is 1. The highest BCUT2D eigenvalue weighted by molar-refractivity contribution is 9.10. The molecule has 0 saturated carbocycles. The fraction of sp³-hybridized carbons (Fsp3) is 0.167. The number of pyridine rings is 1. The van der Waals surface area contributed by atoms with E-state index in [1.807, 2.05) is 0 Å². The van der Waals surface area contributed by atoms with Gasteiger partial charge in [0.2, 0.25) is 0 Å². The third-order valence-corrected chi connectivity index (χ3v) is 3.33. The van der Waals surface area contributed by atoms with Crippen LogP contribution in [0.4, 0.5) is 5.82 Å². The smallest absolute Gasteiger partial charge is 0.251 e. The van der Waals surface area contributed by atoms with Gasteiger partial charge in [0, 0.05) is 10.7 Å². The molecule has 1 atom stereocenters. The molecule has 1 amide bonds. The summed E-state index contributed by atoms with van der Waals surface area (Å²) < 4.78 is 0.804. The average molecular weight is 357 g/mol. The summed E-state index contributed by atoms with van der Waals surface area (Å²) in [5.41, 5.74) is 0.493. The molecule has 2 rings (SSSR count). The zero-order valence-electron chi connectivity index (χ0n) is 10.5. The van der Waals surface area contributed by atoms with Gasteiger partial charge in [0.1, 0.15) is 5.82 Å². The molecule has 2 heterocycles. The van der Waals surface area contributed by atoms with Gasteiger partial charge in [-0.3, -0.25) is 4.79 Å². The minimum atomic E-state index is -0.546. The Kier molecular flexibility index (Phi) is 4.64. The molecular formula is C12H11BrClN5O. The molecule has 0 bridgehead atoms. The van der Waals surface area contributed by atoms with Gasteiger partial charge >= 0.3 is 0 Å². The highest BCUT2D eigenvalue weighted by atomic mass is 79.9. The van der Waals surface area contributed by atoms with Gasteiger partial charge < -0.3 is 0 Å². The van der Waals surface area contributed by atoms with E-state index in [1.165, 1.54) is 0 Å². The van der Waals surface area contributed by atoms with Crippen molar-refractivity contribution in [1.29, 1.82) is 0 Å². The lowest BCUT2D eigenvalue weighted by atomic mass is 10.1. The largest absolute Gasteiger partial charge is 0.272 e. The molecule has 0 radical (unpaired) electrons. The predicted octanol–water partition coefficient (Wildman–Crippen LogP) is 2.30. The Bertz CT molecular complexity index is 551. The summed E-state index contributed by atoms with van der Waals surface area (Å²) in [7, 11) is 0.